The average Bonchev–Trinajstić information content (AvgIpc) is 2.46. The van der Waals surface area contributed by atoms with Crippen molar-refractivity contribution in [2.24, 2.45) is 0 Å². The van der Waals surface area contributed by atoms with Gasteiger partial charge < -0.3 is 10.1 Å². The minimum atomic E-state index is -0.280. The Morgan fingerprint density at radius 2 is 2.15 bits per heavy atom. The van der Waals surface area contributed by atoms with E-state index in [0.717, 1.165) is 17.7 Å². The van der Waals surface area contributed by atoms with E-state index in [1.165, 1.54) is 12.3 Å². The van der Waals surface area contributed by atoms with E-state index >= 15 is 0 Å². The molecule has 104 valence electrons. The topological polar surface area (TPSA) is 51.2 Å². The molecule has 0 aliphatic carbocycles. The normalized spacial score (nSPS) is 10.3. The predicted octanol–water partition coefficient (Wildman–Crippen LogP) is 3.18. The third kappa shape index (κ3) is 3.79. The molecule has 0 fully saturated rings. The Morgan fingerprint density at radius 1 is 1.35 bits per heavy atom. The first kappa shape index (κ1) is 14.5. The summed E-state index contributed by atoms with van der Waals surface area (Å²) in [6.45, 7) is 0.600. The molecule has 2 aromatic rings. The quantitative estimate of drug-likeness (QED) is 0.920. The van der Waals surface area contributed by atoms with Crippen molar-refractivity contribution in [1.82, 2.24) is 4.98 Å². The highest BCUT2D eigenvalue weighted by Gasteiger charge is 2.10. The Bertz CT molecular complexity index is 602. The van der Waals surface area contributed by atoms with Crippen LogP contribution in [0, 0.1) is 0 Å². The van der Waals surface area contributed by atoms with Gasteiger partial charge in [0.15, 0.2) is 0 Å². The van der Waals surface area contributed by atoms with Crippen LogP contribution in [0.2, 0.25) is 5.02 Å². The van der Waals surface area contributed by atoms with Crippen molar-refractivity contribution in [3.05, 3.63) is 58.9 Å². The van der Waals surface area contributed by atoms with E-state index in [4.69, 9.17) is 16.3 Å². The molecular formula is C15H15ClN2O2. The van der Waals surface area contributed by atoms with E-state index in [-0.39, 0.29) is 5.91 Å². The van der Waals surface area contributed by atoms with Gasteiger partial charge in [-0.1, -0.05) is 29.8 Å². The van der Waals surface area contributed by atoms with Crippen molar-refractivity contribution >= 4 is 23.2 Å². The van der Waals surface area contributed by atoms with E-state index in [9.17, 15) is 4.79 Å². The third-order valence-corrected chi connectivity index (χ3v) is 3.03. The van der Waals surface area contributed by atoms with Gasteiger partial charge in [-0.15, -0.1) is 0 Å². The molecular weight excluding hydrogens is 276 g/mol. The first-order valence-corrected chi connectivity index (χ1v) is 6.58. The number of carbonyl (C=O) groups is 1. The highest BCUT2D eigenvalue weighted by atomic mass is 35.5. The van der Waals surface area contributed by atoms with Crippen molar-refractivity contribution in [2.75, 3.05) is 19.0 Å². The van der Waals surface area contributed by atoms with Gasteiger partial charge in [-0.05, 0) is 30.2 Å². The van der Waals surface area contributed by atoms with Gasteiger partial charge in [0.1, 0.15) is 5.69 Å². The number of hydrogen-bond acceptors (Lipinski definition) is 3. The Hall–Kier alpha value is -1.91. The number of halogens is 1. The van der Waals surface area contributed by atoms with E-state index in [2.05, 4.69) is 10.3 Å². The van der Waals surface area contributed by atoms with Crippen molar-refractivity contribution in [1.29, 1.82) is 0 Å². The fourth-order valence-electron chi connectivity index (χ4n) is 1.79. The number of rotatable bonds is 5. The largest absolute Gasteiger partial charge is 0.384 e. The van der Waals surface area contributed by atoms with Crippen molar-refractivity contribution < 1.29 is 9.53 Å². The molecule has 1 heterocycles. The van der Waals surface area contributed by atoms with Crippen LogP contribution in [0.4, 0.5) is 5.69 Å². The van der Waals surface area contributed by atoms with E-state index in [0.29, 0.717) is 17.3 Å². The summed E-state index contributed by atoms with van der Waals surface area (Å²) in [5.74, 6) is -0.280. The summed E-state index contributed by atoms with van der Waals surface area (Å²) in [6.07, 6.45) is 2.24. The van der Waals surface area contributed by atoms with Gasteiger partial charge in [-0.25, -0.2) is 0 Å². The van der Waals surface area contributed by atoms with Gasteiger partial charge in [0.25, 0.3) is 5.91 Å². The summed E-state index contributed by atoms with van der Waals surface area (Å²) >= 11 is 5.86. The number of nitrogens with one attached hydrogen (secondary N) is 1. The van der Waals surface area contributed by atoms with E-state index in [1.54, 1.807) is 13.2 Å². The van der Waals surface area contributed by atoms with Crippen molar-refractivity contribution in [3.8, 4) is 0 Å². The zero-order chi connectivity index (χ0) is 14.4. The summed E-state index contributed by atoms with van der Waals surface area (Å²) in [6, 6.07) is 10.8. The molecule has 1 amide bonds. The van der Waals surface area contributed by atoms with Crippen LogP contribution in [-0.2, 0) is 11.2 Å². The minimum absolute atomic E-state index is 0.280. The van der Waals surface area contributed by atoms with E-state index in [1.807, 2.05) is 24.3 Å². The second-order valence-corrected chi connectivity index (χ2v) is 4.65. The van der Waals surface area contributed by atoms with Gasteiger partial charge in [0.2, 0.25) is 0 Å². The maximum Gasteiger partial charge on any atom is 0.274 e. The summed E-state index contributed by atoms with van der Waals surface area (Å²) in [7, 11) is 1.65. The van der Waals surface area contributed by atoms with Crippen LogP contribution in [-0.4, -0.2) is 24.6 Å². The molecule has 0 unspecified atom stereocenters. The van der Waals surface area contributed by atoms with Crippen LogP contribution >= 0.6 is 11.6 Å². The van der Waals surface area contributed by atoms with Gasteiger partial charge in [-0.2, -0.15) is 0 Å². The van der Waals surface area contributed by atoms with Crippen LogP contribution in [0.25, 0.3) is 0 Å². The molecule has 4 nitrogen and oxygen atoms in total. The van der Waals surface area contributed by atoms with Crippen LogP contribution in [0.1, 0.15) is 16.1 Å². The smallest absolute Gasteiger partial charge is 0.274 e. The fraction of sp³-hybridized carbons (Fsp3) is 0.200. The Morgan fingerprint density at radius 3 is 2.90 bits per heavy atom. The Balaban J connectivity index is 2.15. The number of hydrogen-bond donors (Lipinski definition) is 1. The summed E-state index contributed by atoms with van der Waals surface area (Å²) in [4.78, 5) is 16.1. The van der Waals surface area contributed by atoms with E-state index < -0.39 is 0 Å². The van der Waals surface area contributed by atoms with Crippen molar-refractivity contribution in [3.63, 3.8) is 0 Å². The second-order valence-electron chi connectivity index (χ2n) is 4.21. The molecule has 0 spiro atoms. The monoisotopic (exact) mass is 290 g/mol. The molecule has 1 aromatic heterocycles. The van der Waals surface area contributed by atoms with Gasteiger partial charge >= 0.3 is 0 Å². The lowest BCUT2D eigenvalue weighted by Crippen LogP contribution is -2.15. The maximum absolute atomic E-state index is 12.1. The van der Waals surface area contributed by atoms with Gasteiger partial charge in [0, 0.05) is 24.0 Å². The lowest BCUT2D eigenvalue weighted by Gasteiger charge is -2.10. The summed E-state index contributed by atoms with van der Waals surface area (Å²) in [5, 5.41) is 3.33. The number of nitrogens with zero attached hydrogens (tertiary/aromatic N) is 1. The molecule has 0 saturated heterocycles. The molecule has 2 rings (SSSR count). The molecule has 0 radical (unpaired) electrons. The molecule has 20 heavy (non-hydrogen) atoms. The third-order valence-electron chi connectivity index (χ3n) is 2.80. The molecule has 1 aromatic carbocycles. The SMILES string of the molecule is COCCc1ccccc1NC(=O)c1cc(Cl)ccn1. The number of aromatic nitrogens is 1. The number of anilines is 1. The van der Waals surface area contributed by atoms with Crippen molar-refractivity contribution in [2.45, 2.75) is 6.42 Å². The maximum atomic E-state index is 12.1. The average molecular weight is 291 g/mol. The molecule has 1 N–H and O–H groups in total. The molecule has 0 aliphatic heterocycles. The lowest BCUT2D eigenvalue weighted by atomic mass is 10.1. The zero-order valence-electron chi connectivity index (χ0n) is 11.1. The van der Waals surface area contributed by atoms with Crippen LogP contribution in [0.5, 0.6) is 0 Å². The number of pyridine rings is 1. The zero-order valence-corrected chi connectivity index (χ0v) is 11.9. The summed E-state index contributed by atoms with van der Waals surface area (Å²) < 4.78 is 5.06. The molecule has 0 saturated carbocycles. The van der Waals surface area contributed by atoms with Crippen LogP contribution < -0.4 is 5.32 Å². The first-order chi connectivity index (χ1) is 9.70. The molecule has 0 bridgehead atoms. The number of benzene rings is 1. The predicted molar refractivity (Wildman–Crippen MR) is 79.2 cm³/mol. The minimum Gasteiger partial charge on any atom is -0.384 e. The fourth-order valence-corrected chi connectivity index (χ4v) is 1.95. The first-order valence-electron chi connectivity index (χ1n) is 6.20. The number of ether oxygens (including phenoxy) is 1. The molecule has 0 aliphatic rings. The van der Waals surface area contributed by atoms with Crippen LogP contribution in [0.3, 0.4) is 0 Å². The summed E-state index contributed by atoms with van der Waals surface area (Å²) in [5.41, 5.74) is 2.07. The van der Waals surface area contributed by atoms with Crippen LogP contribution in [0.15, 0.2) is 42.6 Å². The number of para-hydroxylation sites is 1. The molecule has 0 atom stereocenters. The molecule has 5 heteroatoms. The number of methoxy groups -OCH3 is 1. The van der Waals surface area contributed by atoms with Gasteiger partial charge in [0.05, 0.1) is 6.61 Å². The number of amides is 1. The second kappa shape index (κ2) is 7.03. The highest BCUT2D eigenvalue weighted by molar-refractivity contribution is 6.30. The Labute approximate surface area is 122 Å². The lowest BCUT2D eigenvalue weighted by molar-refractivity contribution is 0.102. The highest BCUT2D eigenvalue weighted by Crippen LogP contribution is 2.17. The standard InChI is InChI=1S/C15H15ClN2O2/c1-20-9-7-11-4-2-3-5-13(11)18-15(19)14-10-12(16)6-8-17-14/h2-6,8,10H,7,9H2,1H3,(H,18,19). The van der Waals surface area contributed by atoms with Gasteiger partial charge in [-0.3, -0.25) is 9.78 Å². The number of carbonyl (C=O) groups excluding carboxylic acids is 1. The Kier molecular flexibility index (Phi) is 5.09.